The minimum atomic E-state index is -0.196. The number of piperazine rings is 1. The normalized spacial score (nSPS) is 15.2. The van der Waals surface area contributed by atoms with Crippen molar-refractivity contribution in [2.45, 2.75) is 13.8 Å². The first kappa shape index (κ1) is 17.8. The van der Waals surface area contributed by atoms with E-state index in [1.54, 1.807) is 6.20 Å². The molecule has 1 aliphatic heterocycles. The number of hydrogen-bond donors (Lipinski definition) is 1. The molecule has 0 saturated carbocycles. The minimum absolute atomic E-state index is 0.196. The van der Waals surface area contributed by atoms with Crippen LogP contribution < -0.4 is 10.2 Å². The van der Waals surface area contributed by atoms with E-state index in [1.165, 1.54) is 0 Å². The van der Waals surface area contributed by atoms with E-state index in [4.69, 9.17) is 0 Å². The molecule has 6 nitrogen and oxygen atoms in total. The smallest absolute Gasteiger partial charge is 0.259 e. The molecule has 0 aliphatic carbocycles. The summed E-state index contributed by atoms with van der Waals surface area (Å²) in [6.07, 6.45) is 1.62. The second-order valence-electron chi connectivity index (χ2n) is 6.05. The maximum Gasteiger partial charge on any atom is 0.259 e. The number of aromatic nitrogens is 2. The highest BCUT2D eigenvalue weighted by molar-refractivity contribution is 9.10. The SMILES string of the molecule is CCN1CCN(c2ncc(C(=O)Nc3cccc(Br)c3)c(C)n2)CC1. The van der Waals surface area contributed by atoms with Crippen LogP contribution in [0.5, 0.6) is 0 Å². The van der Waals surface area contributed by atoms with Crippen molar-refractivity contribution in [3.63, 3.8) is 0 Å². The van der Waals surface area contributed by atoms with E-state index in [2.05, 4.69) is 47.9 Å². The Labute approximate surface area is 156 Å². The summed E-state index contributed by atoms with van der Waals surface area (Å²) >= 11 is 3.40. The summed E-state index contributed by atoms with van der Waals surface area (Å²) in [5.74, 6) is 0.505. The lowest BCUT2D eigenvalue weighted by atomic mass is 10.2. The lowest BCUT2D eigenvalue weighted by molar-refractivity contribution is 0.102. The highest BCUT2D eigenvalue weighted by atomic mass is 79.9. The van der Waals surface area contributed by atoms with Crippen molar-refractivity contribution in [1.29, 1.82) is 0 Å². The fourth-order valence-electron chi connectivity index (χ4n) is 2.86. The lowest BCUT2D eigenvalue weighted by Crippen LogP contribution is -2.46. The third-order valence-corrected chi connectivity index (χ3v) is 4.89. The molecule has 1 N–H and O–H groups in total. The molecule has 2 heterocycles. The van der Waals surface area contributed by atoms with Gasteiger partial charge in [0.05, 0.1) is 11.3 Å². The Hall–Kier alpha value is -1.99. The summed E-state index contributed by atoms with van der Waals surface area (Å²) in [5, 5.41) is 2.88. The van der Waals surface area contributed by atoms with Crippen LogP contribution in [0.1, 0.15) is 23.0 Å². The van der Waals surface area contributed by atoms with Crippen LogP contribution in [0.2, 0.25) is 0 Å². The second-order valence-corrected chi connectivity index (χ2v) is 6.97. The van der Waals surface area contributed by atoms with Crippen LogP contribution in [0.15, 0.2) is 34.9 Å². The summed E-state index contributed by atoms with van der Waals surface area (Å²) in [7, 11) is 0. The molecular formula is C18H22BrN5O. The molecule has 0 unspecified atom stereocenters. The number of nitrogens with zero attached hydrogens (tertiary/aromatic N) is 4. The Morgan fingerprint density at radius 2 is 2.04 bits per heavy atom. The molecule has 2 aromatic rings. The van der Waals surface area contributed by atoms with E-state index in [1.807, 2.05) is 31.2 Å². The quantitative estimate of drug-likeness (QED) is 0.849. The third-order valence-electron chi connectivity index (χ3n) is 4.40. The van der Waals surface area contributed by atoms with Crippen molar-refractivity contribution in [1.82, 2.24) is 14.9 Å². The van der Waals surface area contributed by atoms with Gasteiger partial charge in [-0.25, -0.2) is 9.97 Å². The predicted molar refractivity (Wildman–Crippen MR) is 103 cm³/mol. The molecule has 1 aliphatic rings. The van der Waals surface area contributed by atoms with Crippen LogP contribution in [0.3, 0.4) is 0 Å². The third kappa shape index (κ3) is 4.35. The molecule has 0 spiro atoms. The number of carbonyl (C=O) groups excluding carboxylic acids is 1. The summed E-state index contributed by atoms with van der Waals surface area (Å²) in [5.41, 5.74) is 1.92. The molecule has 1 amide bonds. The van der Waals surface area contributed by atoms with Crippen molar-refractivity contribution < 1.29 is 4.79 Å². The summed E-state index contributed by atoms with van der Waals surface area (Å²) in [6, 6.07) is 7.50. The van der Waals surface area contributed by atoms with Crippen molar-refractivity contribution in [3.8, 4) is 0 Å². The molecule has 1 aromatic heterocycles. The maximum atomic E-state index is 12.5. The van der Waals surface area contributed by atoms with E-state index >= 15 is 0 Å². The average molecular weight is 404 g/mol. The number of carbonyl (C=O) groups is 1. The van der Waals surface area contributed by atoms with Crippen LogP contribution in [0, 0.1) is 6.92 Å². The summed E-state index contributed by atoms with van der Waals surface area (Å²) in [4.78, 5) is 26.0. The molecule has 0 radical (unpaired) electrons. The standard InChI is InChI=1S/C18H22BrN5O/c1-3-23-7-9-24(10-8-23)18-20-12-16(13(2)21-18)17(25)22-15-6-4-5-14(19)11-15/h4-6,11-12H,3,7-10H2,1-2H3,(H,22,25). The van der Waals surface area contributed by atoms with Crippen LogP contribution >= 0.6 is 15.9 Å². The lowest BCUT2D eigenvalue weighted by Gasteiger charge is -2.34. The zero-order valence-corrected chi connectivity index (χ0v) is 16.1. The minimum Gasteiger partial charge on any atom is -0.338 e. The summed E-state index contributed by atoms with van der Waals surface area (Å²) in [6.45, 7) is 8.96. The summed E-state index contributed by atoms with van der Waals surface area (Å²) < 4.78 is 0.917. The molecule has 132 valence electrons. The number of likely N-dealkylation sites (N-methyl/N-ethyl adjacent to an activating group) is 1. The molecular weight excluding hydrogens is 382 g/mol. The van der Waals surface area contributed by atoms with Gasteiger partial charge in [0.25, 0.3) is 5.91 Å². The fraction of sp³-hybridized carbons (Fsp3) is 0.389. The van der Waals surface area contributed by atoms with Gasteiger partial charge in [-0.05, 0) is 31.7 Å². The number of aryl methyl sites for hydroxylation is 1. The number of benzene rings is 1. The monoisotopic (exact) mass is 403 g/mol. The number of anilines is 2. The van der Waals surface area contributed by atoms with Gasteiger partial charge in [0, 0.05) is 42.5 Å². The number of amides is 1. The maximum absolute atomic E-state index is 12.5. The van der Waals surface area contributed by atoms with Gasteiger partial charge >= 0.3 is 0 Å². The van der Waals surface area contributed by atoms with Gasteiger partial charge < -0.3 is 15.1 Å². The van der Waals surface area contributed by atoms with Crippen LogP contribution in [-0.4, -0.2) is 53.5 Å². The number of rotatable bonds is 4. The molecule has 25 heavy (non-hydrogen) atoms. The molecule has 1 saturated heterocycles. The molecule has 3 rings (SSSR count). The van der Waals surface area contributed by atoms with E-state index in [-0.39, 0.29) is 5.91 Å². The van der Waals surface area contributed by atoms with E-state index in [0.29, 0.717) is 17.2 Å². The fourth-order valence-corrected chi connectivity index (χ4v) is 3.26. The van der Waals surface area contributed by atoms with Crippen LogP contribution in [-0.2, 0) is 0 Å². The van der Waals surface area contributed by atoms with Crippen LogP contribution in [0.4, 0.5) is 11.6 Å². The number of nitrogens with one attached hydrogen (secondary N) is 1. The highest BCUT2D eigenvalue weighted by Crippen LogP contribution is 2.18. The average Bonchev–Trinajstić information content (AvgIpc) is 2.61. The number of halogens is 1. The van der Waals surface area contributed by atoms with Gasteiger partial charge in [-0.1, -0.05) is 28.9 Å². The Bertz CT molecular complexity index is 759. The van der Waals surface area contributed by atoms with Crippen molar-refractivity contribution in [2.24, 2.45) is 0 Å². The van der Waals surface area contributed by atoms with Gasteiger partial charge in [0.1, 0.15) is 0 Å². The Morgan fingerprint density at radius 1 is 1.28 bits per heavy atom. The highest BCUT2D eigenvalue weighted by Gasteiger charge is 2.19. The Balaban J connectivity index is 1.70. The predicted octanol–water partition coefficient (Wildman–Crippen LogP) is 2.94. The Kier molecular flexibility index (Phi) is 5.65. The Morgan fingerprint density at radius 3 is 2.68 bits per heavy atom. The molecule has 0 bridgehead atoms. The zero-order valence-electron chi connectivity index (χ0n) is 14.5. The van der Waals surface area contributed by atoms with Crippen molar-refractivity contribution >= 4 is 33.5 Å². The largest absolute Gasteiger partial charge is 0.338 e. The van der Waals surface area contributed by atoms with Gasteiger partial charge in [-0.2, -0.15) is 0 Å². The molecule has 7 heteroatoms. The first-order valence-corrected chi connectivity index (χ1v) is 9.24. The van der Waals surface area contributed by atoms with Crippen molar-refractivity contribution in [2.75, 3.05) is 42.9 Å². The van der Waals surface area contributed by atoms with Crippen LogP contribution in [0.25, 0.3) is 0 Å². The molecule has 0 atom stereocenters. The van der Waals surface area contributed by atoms with Crippen molar-refractivity contribution in [3.05, 3.63) is 46.2 Å². The van der Waals surface area contributed by atoms with Gasteiger partial charge in [-0.3, -0.25) is 4.79 Å². The van der Waals surface area contributed by atoms with E-state index in [0.717, 1.165) is 42.9 Å². The first-order chi connectivity index (χ1) is 12.1. The van der Waals surface area contributed by atoms with E-state index < -0.39 is 0 Å². The molecule has 1 fully saturated rings. The number of hydrogen-bond acceptors (Lipinski definition) is 5. The first-order valence-electron chi connectivity index (χ1n) is 8.44. The van der Waals surface area contributed by atoms with E-state index in [9.17, 15) is 4.79 Å². The topological polar surface area (TPSA) is 61.4 Å². The second kappa shape index (κ2) is 7.93. The van der Waals surface area contributed by atoms with Gasteiger partial charge in [0.15, 0.2) is 0 Å². The van der Waals surface area contributed by atoms with Gasteiger partial charge in [-0.15, -0.1) is 0 Å². The van der Waals surface area contributed by atoms with Gasteiger partial charge in [0.2, 0.25) is 5.95 Å². The molecule has 1 aromatic carbocycles. The zero-order chi connectivity index (χ0) is 17.8.